The molecule has 0 bridgehead atoms. The van der Waals surface area contributed by atoms with Gasteiger partial charge in [0.2, 0.25) is 0 Å². The SMILES string of the molecule is C.Cc1ccc(CCC(N)(CO)CO)cc1.Cc1ccc(CCC(N)(CO)CO)cc1.Cl.Cl. The number of benzene rings is 2. The van der Waals surface area contributed by atoms with Crippen LogP contribution in [0.1, 0.15) is 42.5 Å². The van der Waals surface area contributed by atoms with Gasteiger partial charge < -0.3 is 31.9 Å². The molecule has 0 aliphatic rings. The Kier molecular flexibility index (Phi) is 20.0. The molecule has 0 amide bonds. The highest BCUT2D eigenvalue weighted by Crippen LogP contribution is 2.13. The normalized spacial score (nSPS) is 10.7. The maximum Gasteiger partial charge on any atom is 0.0633 e. The van der Waals surface area contributed by atoms with E-state index in [0.717, 1.165) is 12.8 Å². The number of hydrogen-bond donors (Lipinski definition) is 6. The Morgan fingerprint density at radius 2 is 0.818 bits per heavy atom. The first-order chi connectivity index (χ1) is 14.2. The molecule has 0 aromatic heterocycles. The Balaban J connectivity index is -0.000000500. The quantitative estimate of drug-likeness (QED) is 0.293. The van der Waals surface area contributed by atoms with Gasteiger partial charge in [0.05, 0.1) is 37.5 Å². The predicted molar refractivity (Wildman–Crippen MR) is 142 cm³/mol. The first-order valence-corrected chi connectivity index (χ1v) is 10.3. The highest BCUT2D eigenvalue weighted by atomic mass is 35.5. The summed E-state index contributed by atoms with van der Waals surface area (Å²) >= 11 is 0. The van der Waals surface area contributed by atoms with Crippen LogP contribution in [0.5, 0.6) is 0 Å². The van der Waals surface area contributed by atoms with Crippen molar-refractivity contribution >= 4 is 24.8 Å². The number of nitrogens with two attached hydrogens (primary N) is 2. The zero-order chi connectivity index (χ0) is 22.6. The molecule has 0 saturated carbocycles. The Hall–Kier alpha value is -1.22. The summed E-state index contributed by atoms with van der Waals surface area (Å²) in [4.78, 5) is 0. The van der Waals surface area contributed by atoms with E-state index >= 15 is 0 Å². The monoisotopic (exact) mass is 506 g/mol. The fraction of sp³-hybridized carbons (Fsp3) is 0.520. The third kappa shape index (κ3) is 13.9. The van der Waals surface area contributed by atoms with Crippen molar-refractivity contribution in [1.29, 1.82) is 0 Å². The second kappa shape index (κ2) is 18.2. The lowest BCUT2D eigenvalue weighted by Crippen LogP contribution is -2.47. The van der Waals surface area contributed by atoms with E-state index in [9.17, 15) is 0 Å². The lowest BCUT2D eigenvalue weighted by atomic mass is 9.94. The minimum absolute atomic E-state index is 0. The molecule has 8 N–H and O–H groups in total. The minimum Gasteiger partial charge on any atom is -0.394 e. The number of aliphatic hydroxyl groups is 4. The summed E-state index contributed by atoms with van der Waals surface area (Å²) in [6.07, 6.45) is 2.72. The average Bonchev–Trinajstić information content (AvgIpc) is 2.78. The van der Waals surface area contributed by atoms with Gasteiger partial charge in [0.1, 0.15) is 0 Å². The molecule has 0 radical (unpaired) electrons. The van der Waals surface area contributed by atoms with Crippen LogP contribution in [0.3, 0.4) is 0 Å². The van der Waals surface area contributed by atoms with Gasteiger partial charge in [0.15, 0.2) is 0 Å². The van der Waals surface area contributed by atoms with Gasteiger partial charge in [-0.1, -0.05) is 67.1 Å². The molecule has 0 fully saturated rings. The van der Waals surface area contributed by atoms with Gasteiger partial charge in [0.25, 0.3) is 0 Å². The standard InChI is InChI=1S/2C12H19NO2.CH4.2ClH/c2*1-10-2-4-11(5-3-10)6-7-12(13,8-14)9-15;;;/h2*2-5,14-15H,6-9,13H2,1H3;1H4;2*1H. The number of halogens is 2. The van der Waals surface area contributed by atoms with E-state index in [4.69, 9.17) is 31.9 Å². The highest BCUT2D eigenvalue weighted by molar-refractivity contribution is 5.85. The molecule has 0 heterocycles. The van der Waals surface area contributed by atoms with Gasteiger partial charge in [-0.05, 0) is 50.7 Å². The van der Waals surface area contributed by atoms with Crippen molar-refractivity contribution in [2.75, 3.05) is 26.4 Å². The van der Waals surface area contributed by atoms with E-state index < -0.39 is 11.1 Å². The predicted octanol–water partition coefficient (Wildman–Crippen LogP) is 2.70. The third-order valence-electron chi connectivity index (χ3n) is 5.32. The van der Waals surface area contributed by atoms with Crippen LogP contribution in [0.2, 0.25) is 0 Å². The zero-order valence-electron chi connectivity index (χ0n) is 19.0. The van der Waals surface area contributed by atoms with Gasteiger partial charge in [-0.2, -0.15) is 0 Å². The van der Waals surface area contributed by atoms with Gasteiger partial charge in [-0.3, -0.25) is 0 Å². The molecule has 192 valence electrons. The van der Waals surface area contributed by atoms with Crippen LogP contribution in [0.4, 0.5) is 0 Å². The first-order valence-electron chi connectivity index (χ1n) is 10.3. The van der Waals surface area contributed by atoms with Crippen molar-refractivity contribution in [2.24, 2.45) is 11.5 Å². The molecular weight excluding hydrogens is 463 g/mol. The van der Waals surface area contributed by atoms with Crippen LogP contribution < -0.4 is 11.5 Å². The summed E-state index contributed by atoms with van der Waals surface area (Å²) < 4.78 is 0. The Morgan fingerprint density at radius 3 is 1.03 bits per heavy atom. The van der Waals surface area contributed by atoms with Gasteiger partial charge in [0, 0.05) is 0 Å². The highest BCUT2D eigenvalue weighted by Gasteiger charge is 2.23. The maximum absolute atomic E-state index is 9.02. The van der Waals surface area contributed by atoms with Crippen molar-refractivity contribution in [1.82, 2.24) is 0 Å². The van der Waals surface area contributed by atoms with Crippen LogP contribution in [0, 0.1) is 13.8 Å². The molecular formula is C25H44Cl2N2O4. The molecule has 33 heavy (non-hydrogen) atoms. The van der Waals surface area contributed by atoms with Crippen LogP contribution in [0.25, 0.3) is 0 Å². The molecule has 0 spiro atoms. The molecule has 6 nitrogen and oxygen atoms in total. The topological polar surface area (TPSA) is 133 Å². The fourth-order valence-corrected chi connectivity index (χ4v) is 2.71. The molecule has 2 aromatic carbocycles. The van der Waals surface area contributed by atoms with Crippen LogP contribution >= 0.6 is 24.8 Å². The summed E-state index contributed by atoms with van der Waals surface area (Å²) in [6.45, 7) is 3.34. The smallest absolute Gasteiger partial charge is 0.0633 e. The molecule has 0 aliphatic carbocycles. The van der Waals surface area contributed by atoms with E-state index in [0.29, 0.717) is 12.8 Å². The summed E-state index contributed by atoms with van der Waals surface area (Å²) in [5.74, 6) is 0. The molecule has 2 rings (SSSR count). The van der Waals surface area contributed by atoms with E-state index in [2.05, 4.69) is 0 Å². The lowest BCUT2D eigenvalue weighted by molar-refractivity contribution is 0.114. The number of aliphatic hydroxyl groups excluding tert-OH is 4. The minimum atomic E-state index is -0.856. The first kappa shape index (κ1) is 36.4. The van der Waals surface area contributed by atoms with Crippen molar-refractivity contribution in [3.05, 3.63) is 70.8 Å². The van der Waals surface area contributed by atoms with E-state index in [1.165, 1.54) is 22.3 Å². The van der Waals surface area contributed by atoms with Crippen LogP contribution in [0.15, 0.2) is 48.5 Å². The van der Waals surface area contributed by atoms with Crippen molar-refractivity contribution in [3.63, 3.8) is 0 Å². The third-order valence-corrected chi connectivity index (χ3v) is 5.32. The summed E-state index contributed by atoms with van der Waals surface area (Å²) in [7, 11) is 0. The van der Waals surface area contributed by atoms with Gasteiger partial charge in [-0.25, -0.2) is 0 Å². The summed E-state index contributed by atoms with van der Waals surface area (Å²) in [5.41, 5.74) is 14.6. The van der Waals surface area contributed by atoms with Gasteiger partial charge >= 0.3 is 0 Å². The van der Waals surface area contributed by atoms with E-state index in [-0.39, 0.29) is 58.7 Å². The maximum atomic E-state index is 9.02. The number of aryl methyl sites for hydroxylation is 4. The number of rotatable bonds is 10. The van der Waals surface area contributed by atoms with Crippen molar-refractivity contribution in [2.45, 2.75) is 58.0 Å². The van der Waals surface area contributed by atoms with Gasteiger partial charge in [-0.15, -0.1) is 24.8 Å². The Bertz CT molecular complexity index is 657. The molecule has 0 saturated heterocycles. The largest absolute Gasteiger partial charge is 0.394 e. The summed E-state index contributed by atoms with van der Waals surface area (Å²) in [5, 5.41) is 36.1. The Labute approximate surface area is 211 Å². The van der Waals surface area contributed by atoms with Crippen LogP contribution in [-0.4, -0.2) is 57.9 Å². The van der Waals surface area contributed by atoms with Crippen LogP contribution in [-0.2, 0) is 12.8 Å². The molecule has 0 aliphatic heterocycles. The molecule has 8 heteroatoms. The molecule has 0 unspecified atom stereocenters. The average molecular weight is 508 g/mol. The van der Waals surface area contributed by atoms with E-state index in [1.807, 2.05) is 62.4 Å². The summed E-state index contributed by atoms with van der Waals surface area (Å²) in [6, 6.07) is 16.4. The molecule has 2 aromatic rings. The fourth-order valence-electron chi connectivity index (χ4n) is 2.71. The lowest BCUT2D eigenvalue weighted by Gasteiger charge is -2.24. The Morgan fingerprint density at radius 1 is 0.576 bits per heavy atom. The molecule has 0 atom stereocenters. The zero-order valence-corrected chi connectivity index (χ0v) is 20.7. The second-order valence-corrected chi connectivity index (χ2v) is 8.33. The van der Waals surface area contributed by atoms with E-state index in [1.54, 1.807) is 0 Å². The van der Waals surface area contributed by atoms with Crippen molar-refractivity contribution in [3.8, 4) is 0 Å². The second-order valence-electron chi connectivity index (χ2n) is 8.33. The van der Waals surface area contributed by atoms with Crippen molar-refractivity contribution < 1.29 is 20.4 Å². The number of hydrogen-bond acceptors (Lipinski definition) is 6.